The van der Waals surface area contributed by atoms with E-state index in [2.05, 4.69) is 64.3 Å². The average Bonchev–Trinajstić information content (AvgIpc) is 3.76. The Morgan fingerprint density at radius 1 is 0.879 bits per heavy atom. The summed E-state index contributed by atoms with van der Waals surface area (Å²) in [6, 6.07) is 12.8. The van der Waals surface area contributed by atoms with Crippen molar-refractivity contribution in [2.75, 3.05) is 13.1 Å². The number of hydrogen-bond donors (Lipinski definition) is 0. The molecule has 0 spiro atoms. The van der Waals surface area contributed by atoms with Crippen LogP contribution in [0.3, 0.4) is 0 Å². The number of amides is 2. The summed E-state index contributed by atoms with van der Waals surface area (Å²) in [6.45, 7) is 25.7. The Bertz CT molecular complexity index is 2140. The molecule has 0 fully saturated rings. The van der Waals surface area contributed by atoms with Crippen molar-refractivity contribution in [1.29, 1.82) is 0 Å². The molecule has 1 unspecified atom stereocenters. The minimum absolute atomic E-state index is 0.0301. The SMILES string of the molecule is C#CC(C)(CCC=C)CCC=C.C=CCN(C(=O)C(=C)C)S(=O)(=O)c1ccc(C)cc1.CC12CCC=CC1=CCC2.CC1=CCN(S(=O)(=O)c2ccc(C)cc2)C1=O. The maximum absolute atomic E-state index is 12.4. The number of nitrogens with zero attached hydrogens (tertiary/aromatic N) is 2. The summed E-state index contributed by atoms with van der Waals surface area (Å²) in [5, 5.41) is 0. The van der Waals surface area contributed by atoms with Gasteiger partial charge in [-0.1, -0.05) is 91.4 Å². The van der Waals surface area contributed by atoms with E-state index in [9.17, 15) is 26.4 Å². The van der Waals surface area contributed by atoms with E-state index in [-0.39, 0.29) is 33.9 Å². The van der Waals surface area contributed by atoms with Crippen molar-refractivity contribution in [2.24, 2.45) is 10.8 Å². The quantitative estimate of drug-likeness (QED) is 0.113. The minimum Gasteiger partial charge on any atom is -0.268 e. The molecule has 2 aromatic rings. The third-order valence-electron chi connectivity index (χ3n) is 10.3. The first-order valence-corrected chi connectivity index (χ1v) is 22.4. The highest BCUT2D eigenvalue weighted by molar-refractivity contribution is 7.90. The van der Waals surface area contributed by atoms with Crippen LogP contribution in [0, 0.1) is 37.0 Å². The second kappa shape index (κ2) is 22.2. The molecule has 312 valence electrons. The Hall–Kier alpha value is -4.98. The second-order valence-corrected chi connectivity index (χ2v) is 19.0. The molecule has 0 saturated carbocycles. The van der Waals surface area contributed by atoms with Gasteiger partial charge in [-0.25, -0.2) is 25.4 Å². The molecule has 1 atom stereocenters. The van der Waals surface area contributed by atoms with Gasteiger partial charge in [0.2, 0.25) is 0 Å². The molecule has 2 aromatic carbocycles. The van der Waals surface area contributed by atoms with E-state index in [1.165, 1.54) is 62.9 Å². The van der Waals surface area contributed by atoms with Crippen LogP contribution >= 0.6 is 0 Å². The van der Waals surface area contributed by atoms with Crippen LogP contribution in [0.15, 0.2) is 144 Å². The molecular formula is C48H62N2O6S2. The van der Waals surface area contributed by atoms with Gasteiger partial charge in [0, 0.05) is 16.6 Å². The fraction of sp³-hybridized carbons (Fsp3) is 0.375. The first-order valence-electron chi connectivity index (χ1n) is 19.5. The fourth-order valence-electron chi connectivity index (χ4n) is 6.29. The van der Waals surface area contributed by atoms with Gasteiger partial charge in [0.1, 0.15) is 0 Å². The topological polar surface area (TPSA) is 109 Å². The molecular weight excluding hydrogens is 765 g/mol. The standard InChI is InChI=1S/C14H17NO3S.C12H13NO3S.C12H18.C10H14/c1-5-10-15(14(16)11(2)3)19(17,18)13-8-6-12(4)7-9-13;1-9-3-5-11(6-4-9)17(15,16)13-8-7-10(2)12(13)14;1-5-8-10-12(4,7-3)11-9-6-2;1-10-7-3-2-5-9(10)6-4-8-10/h5-9H,1-2,10H2,3-4H3;3-7H,8H2,1-2H3;3,5-6H,1-2,8-11H2,4H3;2,5-6H,3-4,7-8H2,1H3. The molecule has 2 aliphatic carbocycles. The molecule has 0 radical (unpaired) electrons. The molecule has 2 amide bonds. The van der Waals surface area contributed by atoms with E-state index >= 15 is 0 Å². The highest BCUT2D eigenvalue weighted by Gasteiger charge is 2.33. The van der Waals surface area contributed by atoms with Crippen molar-refractivity contribution in [3.63, 3.8) is 0 Å². The molecule has 1 heterocycles. The van der Waals surface area contributed by atoms with Gasteiger partial charge in [0.15, 0.2) is 0 Å². The Kier molecular flexibility index (Phi) is 18.9. The van der Waals surface area contributed by atoms with Crippen molar-refractivity contribution in [3.8, 4) is 12.3 Å². The zero-order valence-corrected chi connectivity index (χ0v) is 36.9. The summed E-state index contributed by atoms with van der Waals surface area (Å²) in [5.74, 6) is 1.79. The van der Waals surface area contributed by atoms with Crippen molar-refractivity contribution in [3.05, 3.63) is 145 Å². The average molecular weight is 827 g/mol. The summed E-state index contributed by atoms with van der Waals surface area (Å²) in [4.78, 5) is 23.8. The molecule has 0 saturated heterocycles. The lowest BCUT2D eigenvalue weighted by Crippen LogP contribution is -2.37. The first-order chi connectivity index (χ1) is 27.2. The first kappa shape index (κ1) is 49.2. The smallest absolute Gasteiger partial charge is 0.267 e. The third-order valence-corrected chi connectivity index (χ3v) is 13.8. The third kappa shape index (κ3) is 13.6. The van der Waals surface area contributed by atoms with Gasteiger partial charge in [0.25, 0.3) is 31.9 Å². The number of carbonyl (C=O) groups excluding carboxylic acids is 2. The molecule has 10 heteroatoms. The van der Waals surface area contributed by atoms with Gasteiger partial charge in [-0.2, -0.15) is 0 Å². The number of aryl methyl sites for hydroxylation is 2. The van der Waals surface area contributed by atoms with Crippen molar-refractivity contribution in [1.82, 2.24) is 8.61 Å². The maximum atomic E-state index is 12.4. The molecule has 8 nitrogen and oxygen atoms in total. The van der Waals surface area contributed by atoms with Crippen LogP contribution in [0.1, 0.15) is 90.2 Å². The van der Waals surface area contributed by atoms with E-state index < -0.39 is 31.9 Å². The number of carbonyl (C=O) groups is 2. The highest BCUT2D eigenvalue weighted by Crippen LogP contribution is 2.45. The minimum atomic E-state index is -3.87. The lowest BCUT2D eigenvalue weighted by Gasteiger charge is -2.28. The summed E-state index contributed by atoms with van der Waals surface area (Å²) < 4.78 is 50.8. The predicted octanol–water partition coefficient (Wildman–Crippen LogP) is 10.4. The van der Waals surface area contributed by atoms with Crippen LogP contribution in [-0.2, 0) is 29.6 Å². The van der Waals surface area contributed by atoms with Gasteiger partial charge >= 0.3 is 0 Å². The van der Waals surface area contributed by atoms with E-state index in [1.807, 2.05) is 26.0 Å². The number of sulfonamides is 2. The second-order valence-electron chi connectivity index (χ2n) is 15.3. The Balaban J connectivity index is 0.000000274. The van der Waals surface area contributed by atoms with Gasteiger partial charge in [-0.3, -0.25) is 9.59 Å². The molecule has 0 bridgehead atoms. The van der Waals surface area contributed by atoms with Crippen molar-refractivity contribution < 1.29 is 26.4 Å². The van der Waals surface area contributed by atoms with Gasteiger partial charge in [0.05, 0.1) is 22.9 Å². The van der Waals surface area contributed by atoms with E-state index in [0.717, 1.165) is 45.4 Å². The van der Waals surface area contributed by atoms with E-state index in [4.69, 9.17) is 6.42 Å². The maximum Gasteiger partial charge on any atom is 0.267 e. The van der Waals surface area contributed by atoms with Crippen molar-refractivity contribution in [2.45, 2.75) is 103 Å². The lowest BCUT2D eigenvalue weighted by atomic mass is 9.76. The van der Waals surface area contributed by atoms with Crippen LogP contribution in [0.5, 0.6) is 0 Å². The largest absolute Gasteiger partial charge is 0.268 e. The normalized spacial score (nSPS) is 16.9. The fourth-order valence-corrected chi connectivity index (χ4v) is 9.07. The number of rotatable bonds is 13. The zero-order chi connectivity index (χ0) is 43.7. The van der Waals surface area contributed by atoms with Crippen LogP contribution < -0.4 is 0 Å². The van der Waals surface area contributed by atoms with Gasteiger partial charge in [-0.15, -0.1) is 32.1 Å². The van der Waals surface area contributed by atoms with Gasteiger partial charge < -0.3 is 0 Å². The zero-order valence-electron chi connectivity index (χ0n) is 35.3. The van der Waals surface area contributed by atoms with Crippen LogP contribution in [0.2, 0.25) is 0 Å². The number of fused-ring (bicyclic) bond motifs is 1. The lowest BCUT2D eigenvalue weighted by molar-refractivity contribution is -0.122. The molecule has 3 aliphatic rings. The van der Waals surface area contributed by atoms with Gasteiger partial charge in [-0.05, 0) is 121 Å². The molecule has 58 heavy (non-hydrogen) atoms. The van der Waals surface area contributed by atoms with Crippen LogP contribution in [-0.4, -0.2) is 50.3 Å². The van der Waals surface area contributed by atoms with Crippen LogP contribution in [0.25, 0.3) is 0 Å². The number of allylic oxidation sites excluding steroid dienone is 6. The summed E-state index contributed by atoms with van der Waals surface area (Å²) >= 11 is 0. The number of terminal acetylenes is 1. The van der Waals surface area contributed by atoms with E-state index in [1.54, 1.807) is 42.8 Å². The Morgan fingerprint density at radius 3 is 1.83 bits per heavy atom. The molecule has 1 aliphatic heterocycles. The van der Waals surface area contributed by atoms with E-state index in [0.29, 0.717) is 11.0 Å². The molecule has 0 N–H and O–H groups in total. The number of hydrogen-bond acceptors (Lipinski definition) is 6. The Morgan fingerprint density at radius 2 is 1.40 bits per heavy atom. The molecule has 0 aromatic heterocycles. The summed E-state index contributed by atoms with van der Waals surface area (Å²) in [6.07, 6.45) is 28.7. The Labute approximate surface area is 349 Å². The highest BCUT2D eigenvalue weighted by atomic mass is 32.2. The number of benzene rings is 2. The van der Waals surface area contributed by atoms with Crippen LogP contribution in [0.4, 0.5) is 0 Å². The summed E-state index contributed by atoms with van der Waals surface area (Å²) in [7, 11) is -7.58. The monoisotopic (exact) mass is 826 g/mol. The van der Waals surface area contributed by atoms with Crippen molar-refractivity contribution >= 4 is 31.9 Å². The predicted molar refractivity (Wildman–Crippen MR) is 239 cm³/mol. The summed E-state index contributed by atoms with van der Waals surface area (Å²) in [5.41, 5.74) is 4.75. The molecule has 5 rings (SSSR count).